The second-order valence-corrected chi connectivity index (χ2v) is 10.6. The molecule has 0 spiro atoms. The highest BCUT2D eigenvalue weighted by Crippen LogP contribution is 2.25. The maximum absolute atomic E-state index is 13.1. The molecule has 0 aliphatic heterocycles. The molecule has 2 aromatic carbocycles. The zero-order valence-corrected chi connectivity index (χ0v) is 20.4. The van der Waals surface area contributed by atoms with Crippen molar-refractivity contribution in [2.75, 3.05) is 18.4 Å². The molecule has 0 saturated heterocycles. The predicted octanol–water partition coefficient (Wildman–Crippen LogP) is 3.86. The van der Waals surface area contributed by atoms with Gasteiger partial charge in [0.1, 0.15) is 0 Å². The van der Waals surface area contributed by atoms with Gasteiger partial charge in [-0.15, -0.1) is 11.3 Å². The Balaban J connectivity index is 1.65. The number of sulfonamides is 1. The van der Waals surface area contributed by atoms with E-state index in [0.717, 1.165) is 10.4 Å². The van der Waals surface area contributed by atoms with Crippen molar-refractivity contribution in [3.8, 4) is 0 Å². The fourth-order valence-corrected chi connectivity index (χ4v) is 6.03. The van der Waals surface area contributed by atoms with E-state index in [4.69, 9.17) is 0 Å². The Hall–Kier alpha value is -3.34. The van der Waals surface area contributed by atoms with Crippen molar-refractivity contribution in [2.24, 2.45) is 0 Å². The summed E-state index contributed by atoms with van der Waals surface area (Å²) in [7, 11) is -3.73. The molecule has 0 aliphatic rings. The van der Waals surface area contributed by atoms with Gasteiger partial charge in [0.2, 0.25) is 15.6 Å². The molecule has 34 heavy (non-hydrogen) atoms. The largest absolute Gasteiger partial charge is 0.322 e. The first-order chi connectivity index (χ1) is 16.3. The Labute approximate surface area is 201 Å². The van der Waals surface area contributed by atoms with E-state index in [2.05, 4.69) is 15.3 Å². The monoisotopic (exact) mass is 496 g/mol. The number of benzene rings is 2. The number of H-pyrrole nitrogens is 1. The van der Waals surface area contributed by atoms with Crippen LogP contribution in [0.1, 0.15) is 34.6 Å². The number of pyridine rings is 1. The Morgan fingerprint density at radius 3 is 2.53 bits per heavy atom. The van der Waals surface area contributed by atoms with Gasteiger partial charge in [-0.2, -0.15) is 4.31 Å². The lowest BCUT2D eigenvalue weighted by Crippen LogP contribution is -2.30. The van der Waals surface area contributed by atoms with Crippen LogP contribution in [0.4, 0.5) is 5.13 Å². The molecule has 176 valence electrons. The number of carbonyl (C=O) groups excluding carboxylic acids is 1. The third kappa shape index (κ3) is 4.93. The fourth-order valence-electron chi connectivity index (χ4n) is 3.70. The third-order valence-electron chi connectivity index (χ3n) is 5.40. The summed E-state index contributed by atoms with van der Waals surface area (Å²) < 4.78 is 27.3. The molecule has 4 rings (SSSR count). The number of rotatable bonds is 8. The molecular weight excluding hydrogens is 472 g/mol. The van der Waals surface area contributed by atoms with Gasteiger partial charge in [-0.1, -0.05) is 44.2 Å². The highest BCUT2D eigenvalue weighted by Gasteiger charge is 2.23. The summed E-state index contributed by atoms with van der Waals surface area (Å²) in [5.41, 5.74) is 1.13. The average Bonchev–Trinajstić information content (AvgIpc) is 3.25. The van der Waals surface area contributed by atoms with Gasteiger partial charge in [0.05, 0.1) is 10.5 Å². The Morgan fingerprint density at radius 2 is 1.82 bits per heavy atom. The number of thiazole rings is 1. The van der Waals surface area contributed by atoms with Crippen molar-refractivity contribution in [3.63, 3.8) is 0 Å². The summed E-state index contributed by atoms with van der Waals surface area (Å²) in [5, 5.41) is 3.48. The van der Waals surface area contributed by atoms with E-state index in [0.29, 0.717) is 35.5 Å². The zero-order chi connectivity index (χ0) is 24.3. The predicted molar refractivity (Wildman–Crippen MR) is 134 cm³/mol. The van der Waals surface area contributed by atoms with Crippen LogP contribution in [0, 0.1) is 0 Å². The molecule has 2 aromatic heterocycles. The van der Waals surface area contributed by atoms with Crippen molar-refractivity contribution in [2.45, 2.75) is 25.2 Å². The van der Waals surface area contributed by atoms with Gasteiger partial charge < -0.3 is 4.98 Å². The molecule has 0 unspecified atom stereocenters. The first-order valence-electron chi connectivity index (χ1n) is 10.8. The number of amides is 1. The minimum atomic E-state index is -3.73. The number of fused-ring (bicyclic) bond motifs is 1. The molecule has 0 atom stereocenters. The molecule has 0 aliphatic carbocycles. The highest BCUT2D eigenvalue weighted by atomic mass is 32.2. The van der Waals surface area contributed by atoms with Gasteiger partial charge in [0.25, 0.3) is 5.91 Å². The maximum atomic E-state index is 13.1. The lowest BCUT2D eigenvalue weighted by atomic mass is 10.1. The van der Waals surface area contributed by atoms with E-state index >= 15 is 0 Å². The number of carbonyl (C=O) groups is 1. The molecular formula is C24H24N4O4S2. The van der Waals surface area contributed by atoms with Gasteiger partial charge in [-0.3, -0.25) is 14.9 Å². The van der Waals surface area contributed by atoms with E-state index in [9.17, 15) is 18.0 Å². The summed E-state index contributed by atoms with van der Waals surface area (Å²) in [5.74, 6) is -0.533. The molecule has 0 bridgehead atoms. The molecule has 0 saturated carbocycles. The average molecular weight is 497 g/mol. The number of nitrogens with one attached hydrogen (secondary N) is 2. The van der Waals surface area contributed by atoms with Gasteiger partial charge >= 0.3 is 0 Å². The molecule has 4 aromatic rings. The Morgan fingerprint density at radius 1 is 1.09 bits per heavy atom. The molecule has 0 fully saturated rings. The van der Waals surface area contributed by atoms with Crippen molar-refractivity contribution in [1.82, 2.24) is 14.3 Å². The lowest BCUT2D eigenvalue weighted by Gasteiger charge is -2.19. The van der Waals surface area contributed by atoms with Crippen LogP contribution in [0.2, 0.25) is 0 Å². The number of aromatic amines is 1. The fraction of sp³-hybridized carbons (Fsp3) is 0.208. The topological polar surface area (TPSA) is 112 Å². The van der Waals surface area contributed by atoms with Gasteiger partial charge in [-0.05, 0) is 23.8 Å². The van der Waals surface area contributed by atoms with Crippen LogP contribution in [0.5, 0.6) is 0 Å². The summed E-state index contributed by atoms with van der Waals surface area (Å²) in [6.45, 7) is 4.17. The molecule has 0 radical (unpaired) electrons. The van der Waals surface area contributed by atoms with E-state index in [1.54, 1.807) is 20.0 Å². The van der Waals surface area contributed by atoms with Crippen LogP contribution >= 0.6 is 11.3 Å². The zero-order valence-electron chi connectivity index (χ0n) is 18.7. The van der Waals surface area contributed by atoms with Crippen LogP contribution in [0.3, 0.4) is 0 Å². The number of aromatic nitrogens is 2. The molecule has 2 N–H and O–H groups in total. The summed E-state index contributed by atoms with van der Waals surface area (Å²) in [6.07, 6.45) is 2.40. The van der Waals surface area contributed by atoms with Crippen LogP contribution in [0.15, 0.2) is 70.5 Å². The van der Waals surface area contributed by atoms with E-state index in [1.807, 2.05) is 30.3 Å². The number of nitrogens with zero attached hydrogens (tertiary/aromatic N) is 2. The minimum Gasteiger partial charge on any atom is -0.322 e. The van der Waals surface area contributed by atoms with E-state index in [-0.39, 0.29) is 10.5 Å². The van der Waals surface area contributed by atoms with E-state index in [1.165, 1.54) is 39.9 Å². The van der Waals surface area contributed by atoms with Crippen molar-refractivity contribution in [1.29, 1.82) is 0 Å². The third-order valence-corrected chi connectivity index (χ3v) is 8.36. The van der Waals surface area contributed by atoms with Crippen LogP contribution in [-0.2, 0) is 16.4 Å². The Bertz CT molecular complexity index is 1490. The van der Waals surface area contributed by atoms with E-state index < -0.39 is 21.5 Å². The Kier molecular flexibility index (Phi) is 6.92. The quantitative estimate of drug-likeness (QED) is 0.385. The molecule has 8 nitrogen and oxygen atoms in total. The standard InChI is InChI=1S/C24H24N4O4S2/c1-3-28(4-2)34(31,32)18-10-11-21-19(13-18)20(14-22(29)26-21)23(30)27-24-25-15-17(33-24)12-16-8-6-5-7-9-16/h5-11,13-15H,3-4,12H2,1-2H3,(H,26,29)(H,25,27,30). The summed E-state index contributed by atoms with van der Waals surface area (Å²) >= 11 is 1.35. The van der Waals surface area contributed by atoms with Crippen LogP contribution in [0.25, 0.3) is 10.9 Å². The van der Waals surface area contributed by atoms with Crippen molar-refractivity contribution in [3.05, 3.63) is 87.2 Å². The maximum Gasteiger partial charge on any atom is 0.258 e. The first kappa shape index (κ1) is 23.8. The molecule has 10 heteroatoms. The smallest absolute Gasteiger partial charge is 0.258 e. The van der Waals surface area contributed by atoms with Gasteiger partial charge in [0.15, 0.2) is 5.13 Å². The van der Waals surface area contributed by atoms with Crippen molar-refractivity contribution < 1.29 is 13.2 Å². The minimum absolute atomic E-state index is 0.0594. The van der Waals surface area contributed by atoms with Crippen molar-refractivity contribution >= 4 is 43.3 Å². The van der Waals surface area contributed by atoms with Gasteiger partial charge in [0, 0.05) is 47.6 Å². The molecule has 2 heterocycles. The van der Waals surface area contributed by atoms with Gasteiger partial charge in [-0.25, -0.2) is 13.4 Å². The highest BCUT2D eigenvalue weighted by molar-refractivity contribution is 7.89. The summed E-state index contributed by atoms with van der Waals surface area (Å²) in [4.78, 5) is 33.2. The normalized spacial score (nSPS) is 11.7. The lowest BCUT2D eigenvalue weighted by molar-refractivity contribution is 0.102. The summed E-state index contributed by atoms with van der Waals surface area (Å²) in [6, 6.07) is 15.5. The number of hydrogen-bond acceptors (Lipinski definition) is 6. The second-order valence-electron chi connectivity index (χ2n) is 7.59. The SMILES string of the molecule is CCN(CC)S(=O)(=O)c1ccc2[nH]c(=O)cc(C(=O)Nc3ncc(Cc4ccccc4)s3)c2c1. The van der Waals surface area contributed by atoms with Crippen LogP contribution < -0.4 is 10.9 Å². The second kappa shape index (κ2) is 9.88. The first-order valence-corrected chi connectivity index (χ1v) is 13.0. The molecule has 1 amide bonds. The van der Waals surface area contributed by atoms with Crippen LogP contribution in [-0.4, -0.2) is 41.7 Å². The number of hydrogen-bond donors (Lipinski definition) is 2. The number of anilines is 1.